The number of nitrogens with one attached hydrogen (secondary N) is 1. The Hall–Kier alpha value is -2.62. The summed E-state index contributed by atoms with van der Waals surface area (Å²) in [4.78, 5) is 23.2. The molecule has 0 radical (unpaired) electrons. The van der Waals surface area contributed by atoms with E-state index in [0.717, 1.165) is 41.8 Å². The maximum atomic E-state index is 13.1. The van der Waals surface area contributed by atoms with Crippen LogP contribution >= 0.6 is 0 Å². The van der Waals surface area contributed by atoms with Crippen LogP contribution in [-0.2, 0) is 5.41 Å². The molecule has 1 aliphatic rings. The van der Waals surface area contributed by atoms with Gasteiger partial charge in [-0.15, -0.1) is 0 Å². The molecular weight excluding hydrogens is 322 g/mol. The normalized spacial score (nSPS) is 17.8. The van der Waals surface area contributed by atoms with Gasteiger partial charge >= 0.3 is 0 Å². The largest absolute Gasteiger partial charge is 0.340 e. The third-order valence-electron chi connectivity index (χ3n) is 5.23. The first-order chi connectivity index (χ1) is 12.4. The van der Waals surface area contributed by atoms with E-state index in [1.54, 1.807) is 0 Å². The van der Waals surface area contributed by atoms with Crippen molar-refractivity contribution in [1.29, 1.82) is 0 Å². The molecule has 1 N–H and O–H groups in total. The van der Waals surface area contributed by atoms with Gasteiger partial charge in [0.15, 0.2) is 0 Å². The van der Waals surface area contributed by atoms with Crippen molar-refractivity contribution in [3.05, 3.63) is 65.5 Å². The minimum absolute atomic E-state index is 0.0252. The molecule has 4 heteroatoms. The number of hydrogen-bond donors (Lipinski definition) is 1. The molecular formula is C22H25N3O. The molecule has 1 amide bonds. The number of para-hydroxylation sites is 2. The minimum Gasteiger partial charge on any atom is -0.340 e. The molecule has 4 nitrogen and oxygen atoms in total. The lowest BCUT2D eigenvalue weighted by Crippen LogP contribution is -2.31. The minimum atomic E-state index is 0.0252. The van der Waals surface area contributed by atoms with Crippen molar-refractivity contribution < 1.29 is 4.79 Å². The molecule has 2 heterocycles. The monoisotopic (exact) mass is 347 g/mol. The molecule has 1 unspecified atom stereocenters. The van der Waals surface area contributed by atoms with Gasteiger partial charge in [0, 0.05) is 12.1 Å². The van der Waals surface area contributed by atoms with E-state index in [1.165, 1.54) is 5.56 Å². The summed E-state index contributed by atoms with van der Waals surface area (Å²) < 4.78 is 0. The maximum Gasteiger partial charge on any atom is 0.254 e. The van der Waals surface area contributed by atoms with Crippen LogP contribution in [0.25, 0.3) is 11.0 Å². The van der Waals surface area contributed by atoms with Crippen molar-refractivity contribution in [3.63, 3.8) is 0 Å². The zero-order valence-electron chi connectivity index (χ0n) is 15.6. The van der Waals surface area contributed by atoms with E-state index in [4.69, 9.17) is 4.98 Å². The summed E-state index contributed by atoms with van der Waals surface area (Å²) >= 11 is 0. The van der Waals surface area contributed by atoms with Gasteiger partial charge in [-0.2, -0.15) is 0 Å². The summed E-state index contributed by atoms with van der Waals surface area (Å²) in [6.07, 6.45) is 1.96. The number of H-pyrrole nitrogens is 1. The number of benzene rings is 2. The van der Waals surface area contributed by atoms with Crippen LogP contribution < -0.4 is 0 Å². The van der Waals surface area contributed by atoms with Gasteiger partial charge in [-0.05, 0) is 48.1 Å². The van der Waals surface area contributed by atoms with Crippen LogP contribution in [0.3, 0.4) is 0 Å². The molecule has 1 fully saturated rings. The van der Waals surface area contributed by atoms with E-state index in [0.29, 0.717) is 0 Å². The average molecular weight is 347 g/mol. The number of hydrogen-bond acceptors (Lipinski definition) is 2. The highest BCUT2D eigenvalue weighted by Crippen LogP contribution is 2.33. The van der Waals surface area contributed by atoms with Gasteiger partial charge in [-0.25, -0.2) is 4.98 Å². The van der Waals surface area contributed by atoms with E-state index in [-0.39, 0.29) is 17.4 Å². The van der Waals surface area contributed by atoms with Gasteiger partial charge in [0.05, 0.1) is 17.1 Å². The first-order valence-electron chi connectivity index (χ1n) is 9.30. The van der Waals surface area contributed by atoms with Crippen molar-refractivity contribution in [2.24, 2.45) is 0 Å². The summed E-state index contributed by atoms with van der Waals surface area (Å²) in [6, 6.07) is 16.1. The van der Waals surface area contributed by atoms with Crippen molar-refractivity contribution in [1.82, 2.24) is 14.9 Å². The summed E-state index contributed by atoms with van der Waals surface area (Å²) in [5.74, 6) is 0.983. The number of likely N-dealkylation sites (tertiary alicyclic amines) is 1. The van der Waals surface area contributed by atoms with E-state index < -0.39 is 0 Å². The lowest BCUT2D eigenvalue weighted by molar-refractivity contribution is 0.0730. The first kappa shape index (κ1) is 16.8. The third kappa shape index (κ3) is 3.00. The Bertz CT molecular complexity index is 901. The number of amides is 1. The second-order valence-electron chi connectivity index (χ2n) is 8.12. The van der Waals surface area contributed by atoms with Gasteiger partial charge in [0.1, 0.15) is 5.82 Å². The number of nitrogens with zero attached hydrogens (tertiary/aromatic N) is 2. The number of rotatable bonds is 2. The summed E-state index contributed by atoms with van der Waals surface area (Å²) in [7, 11) is 0. The van der Waals surface area contributed by atoms with Crippen LogP contribution in [0.15, 0.2) is 48.5 Å². The second kappa shape index (κ2) is 6.27. The maximum absolute atomic E-state index is 13.1. The number of carbonyl (C=O) groups is 1. The molecule has 4 rings (SSSR count). The van der Waals surface area contributed by atoms with Crippen molar-refractivity contribution in [3.8, 4) is 0 Å². The lowest BCUT2D eigenvalue weighted by atomic mass is 9.86. The van der Waals surface area contributed by atoms with Crippen LogP contribution in [0.2, 0.25) is 0 Å². The molecule has 0 saturated carbocycles. The molecule has 1 saturated heterocycles. The standard InChI is InChI=1S/C22H25N3O/c1-22(2,3)16-12-10-15(11-13-16)21(26)25-14-6-9-19(25)20-23-17-7-4-5-8-18(17)24-20/h4-5,7-8,10-13,19H,6,9,14H2,1-3H3,(H,23,24). The number of aromatic nitrogens is 2. The molecule has 134 valence electrons. The van der Waals surface area contributed by atoms with Crippen LogP contribution in [0.1, 0.15) is 61.4 Å². The number of fused-ring (bicyclic) bond motifs is 1. The fourth-order valence-electron chi connectivity index (χ4n) is 3.70. The summed E-state index contributed by atoms with van der Waals surface area (Å²) in [5, 5.41) is 0. The number of aromatic amines is 1. The number of imidazole rings is 1. The zero-order chi connectivity index (χ0) is 18.3. The molecule has 1 atom stereocenters. The highest BCUT2D eigenvalue weighted by molar-refractivity contribution is 5.94. The molecule has 0 spiro atoms. The van der Waals surface area contributed by atoms with Gasteiger partial charge < -0.3 is 9.88 Å². The van der Waals surface area contributed by atoms with E-state index >= 15 is 0 Å². The van der Waals surface area contributed by atoms with Crippen LogP contribution in [-0.4, -0.2) is 27.3 Å². The Morgan fingerprint density at radius 1 is 1.12 bits per heavy atom. The molecule has 26 heavy (non-hydrogen) atoms. The Morgan fingerprint density at radius 3 is 2.54 bits per heavy atom. The SMILES string of the molecule is CC(C)(C)c1ccc(C(=O)N2CCCC2c2nc3ccccc3[nH]2)cc1. The van der Waals surface area contributed by atoms with E-state index in [1.807, 2.05) is 41.3 Å². The predicted molar refractivity (Wildman–Crippen MR) is 104 cm³/mol. The Balaban J connectivity index is 1.60. The molecule has 2 aromatic carbocycles. The fraction of sp³-hybridized carbons (Fsp3) is 0.364. The Morgan fingerprint density at radius 2 is 1.85 bits per heavy atom. The Labute approximate surface area is 154 Å². The quantitative estimate of drug-likeness (QED) is 0.721. The highest BCUT2D eigenvalue weighted by Gasteiger charge is 2.32. The fourth-order valence-corrected chi connectivity index (χ4v) is 3.70. The summed E-state index contributed by atoms with van der Waals surface area (Å²) in [5.41, 5.74) is 4.06. The van der Waals surface area contributed by atoms with Gasteiger partial charge in [-0.3, -0.25) is 4.79 Å². The third-order valence-corrected chi connectivity index (χ3v) is 5.23. The molecule has 1 aromatic heterocycles. The van der Waals surface area contributed by atoms with Crippen molar-refractivity contribution in [2.45, 2.75) is 45.1 Å². The highest BCUT2D eigenvalue weighted by atomic mass is 16.2. The number of carbonyl (C=O) groups excluding carboxylic acids is 1. The van der Waals surface area contributed by atoms with Gasteiger partial charge in [-0.1, -0.05) is 45.0 Å². The molecule has 1 aliphatic heterocycles. The lowest BCUT2D eigenvalue weighted by Gasteiger charge is -2.24. The molecule has 3 aromatic rings. The Kier molecular flexibility index (Phi) is 4.06. The van der Waals surface area contributed by atoms with Crippen molar-refractivity contribution in [2.75, 3.05) is 6.54 Å². The molecule has 0 aliphatic carbocycles. The topological polar surface area (TPSA) is 49.0 Å². The predicted octanol–water partition coefficient (Wildman–Crippen LogP) is 4.84. The van der Waals surface area contributed by atoms with E-state index in [9.17, 15) is 4.79 Å². The van der Waals surface area contributed by atoms with Gasteiger partial charge in [0.2, 0.25) is 0 Å². The van der Waals surface area contributed by atoms with Crippen molar-refractivity contribution >= 4 is 16.9 Å². The first-order valence-corrected chi connectivity index (χ1v) is 9.30. The van der Waals surface area contributed by atoms with Gasteiger partial charge in [0.25, 0.3) is 5.91 Å². The van der Waals surface area contributed by atoms with Crippen LogP contribution in [0.4, 0.5) is 0 Å². The molecule has 0 bridgehead atoms. The van der Waals surface area contributed by atoms with E-state index in [2.05, 4.69) is 37.9 Å². The summed E-state index contributed by atoms with van der Waals surface area (Å²) in [6.45, 7) is 7.33. The van der Waals surface area contributed by atoms with Crippen LogP contribution in [0.5, 0.6) is 0 Å². The average Bonchev–Trinajstić information content (AvgIpc) is 3.26. The second-order valence-corrected chi connectivity index (χ2v) is 8.12. The van der Waals surface area contributed by atoms with Crippen LogP contribution in [0, 0.1) is 0 Å². The smallest absolute Gasteiger partial charge is 0.254 e. The zero-order valence-corrected chi connectivity index (χ0v) is 15.6.